The summed E-state index contributed by atoms with van der Waals surface area (Å²) in [5, 5.41) is 2.73. The van der Waals surface area contributed by atoms with E-state index in [2.05, 4.69) is 10.3 Å². The number of piperidine rings is 1. The summed E-state index contributed by atoms with van der Waals surface area (Å²) in [6.07, 6.45) is 0.0904. The lowest BCUT2D eigenvalue weighted by Crippen LogP contribution is -2.57. The highest BCUT2D eigenvalue weighted by Crippen LogP contribution is 2.32. The predicted octanol–water partition coefficient (Wildman–Crippen LogP) is 1.89. The molecule has 2 amide bonds. The van der Waals surface area contributed by atoms with Gasteiger partial charge in [0, 0.05) is 38.7 Å². The van der Waals surface area contributed by atoms with Crippen LogP contribution in [0.3, 0.4) is 0 Å². The number of aromatic nitrogens is 2. The highest BCUT2D eigenvalue weighted by Gasteiger charge is 2.47. The molecule has 3 rings (SSSR count). The Balaban J connectivity index is 1.66. The van der Waals surface area contributed by atoms with Crippen LogP contribution in [0.5, 0.6) is 0 Å². The van der Waals surface area contributed by atoms with E-state index in [1.165, 1.54) is 0 Å². The lowest BCUT2D eigenvalue weighted by atomic mass is 9.97. The van der Waals surface area contributed by atoms with E-state index in [1.54, 1.807) is 6.20 Å². The van der Waals surface area contributed by atoms with Crippen LogP contribution in [0.1, 0.15) is 48.9 Å². The molecule has 9 heteroatoms. The molecular formula is C16H21F3N4O2. The van der Waals surface area contributed by atoms with E-state index in [-0.39, 0.29) is 25.1 Å². The number of halogens is 3. The molecule has 1 aromatic rings. The second-order valence-corrected chi connectivity index (χ2v) is 6.67. The summed E-state index contributed by atoms with van der Waals surface area (Å²) in [7, 11) is 0. The zero-order chi connectivity index (χ0) is 18.2. The molecule has 0 aliphatic carbocycles. The molecular weight excluding hydrogens is 337 g/mol. The van der Waals surface area contributed by atoms with Crippen molar-refractivity contribution in [2.45, 2.75) is 63.8 Å². The van der Waals surface area contributed by atoms with Gasteiger partial charge in [-0.05, 0) is 25.7 Å². The number of carbonyl (C=O) groups is 2. The number of nitrogens with one attached hydrogen (secondary N) is 1. The molecule has 2 atom stereocenters. The summed E-state index contributed by atoms with van der Waals surface area (Å²) in [6.45, 7) is 1.80. The standard InChI is InChI=1S/C16H21F3N4O2/c1-10(24)23-8-11(5-6-13(23)16(17,18)19)20-15(25)12-9-22-7-3-2-4-14(22)21-12/h9,11,13H,2-8H2,1H3,(H,20,25)/t11-,13+/m1/s1. The average molecular weight is 358 g/mol. The number of nitrogens with zero attached hydrogens (tertiary/aromatic N) is 3. The Labute approximate surface area is 143 Å². The highest BCUT2D eigenvalue weighted by atomic mass is 19.4. The number of likely N-dealkylation sites (tertiary alicyclic amines) is 1. The highest BCUT2D eigenvalue weighted by molar-refractivity contribution is 5.92. The molecule has 1 fully saturated rings. The van der Waals surface area contributed by atoms with Crippen LogP contribution >= 0.6 is 0 Å². The van der Waals surface area contributed by atoms with Crippen molar-refractivity contribution in [2.24, 2.45) is 0 Å². The van der Waals surface area contributed by atoms with Crippen LogP contribution in [0.15, 0.2) is 6.20 Å². The number of amides is 2. The van der Waals surface area contributed by atoms with Crippen molar-refractivity contribution >= 4 is 11.8 Å². The largest absolute Gasteiger partial charge is 0.408 e. The number of aryl methyl sites for hydroxylation is 2. The zero-order valence-electron chi connectivity index (χ0n) is 14.0. The van der Waals surface area contributed by atoms with Crippen LogP contribution in [-0.4, -0.2) is 51.1 Å². The second kappa shape index (κ2) is 6.68. The third-order valence-corrected chi connectivity index (χ3v) is 4.84. The molecule has 1 aromatic heterocycles. The quantitative estimate of drug-likeness (QED) is 0.878. The topological polar surface area (TPSA) is 67.2 Å². The van der Waals surface area contributed by atoms with E-state index in [0.29, 0.717) is 0 Å². The van der Waals surface area contributed by atoms with Crippen molar-refractivity contribution in [3.05, 3.63) is 17.7 Å². The number of rotatable bonds is 2. The van der Waals surface area contributed by atoms with Gasteiger partial charge < -0.3 is 14.8 Å². The molecule has 1 saturated heterocycles. The van der Waals surface area contributed by atoms with Crippen LogP contribution in [0, 0.1) is 0 Å². The Morgan fingerprint density at radius 3 is 2.68 bits per heavy atom. The van der Waals surface area contributed by atoms with Crippen molar-refractivity contribution in [1.29, 1.82) is 0 Å². The van der Waals surface area contributed by atoms with E-state index in [1.807, 2.05) is 4.57 Å². The zero-order valence-corrected chi connectivity index (χ0v) is 14.0. The lowest BCUT2D eigenvalue weighted by Gasteiger charge is -2.40. The number of imidazole rings is 1. The van der Waals surface area contributed by atoms with Crippen molar-refractivity contribution in [2.75, 3.05) is 6.54 Å². The normalized spacial score (nSPS) is 23.9. The Hall–Kier alpha value is -2.06. The molecule has 0 spiro atoms. The van der Waals surface area contributed by atoms with Gasteiger partial charge in [0.05, 0.1) is 0 Å². The number of hydrogen-bond acceptors (Lipinski definition) is 3. The van der Waals surface area contributed by atoms with Gasteiger partial charge in [0.1, 0.15) is 17.6 Å². The number of alkyl halides is 3. The SMILES string of the molecule is CC(=O)N1C[C@H](NC(=O)c2cn3c(n2)CCCC3)CC[C@H]1C(F)(F)F. The Morgan fingerprint density at radius 2 is 2.04 bits per heavy atom. The van der Waals surface area contributed by atoms with Crippen molar-refractivity contribution in [3.63, 3.8) is 0 Å². The van der Waals surface area contributed by atoms with Gasteiger partial charge in [-0.3, -0.25) is 9.59 Å². The van der Waals surface area contributed by atoms with E-state index in [0.717, 1.165) is 43.5 Å². The summed E-state index contributed by atoms with van der Waals surface area (Å²) < 4.78 is 41.1. The van der Waals surface area contributed by atoms with Crippen molar-refractivity contribution in [3.8, 4) is 0 Å². The average Bonchev–Trinajstić information content (AvgIpc) is 2.98. The molecule has 0 aromatic carbocycles. The molecule has 138 valence electrons. The number of carbonyl (C=O) groups excluding carboxylic acids is 2. The summed E-state index contributed by atoms with van der Waals surface area (Å²) in [5.41, 5.74) is 0.282. The monoisotopic (exact) mass is 358 g/mol. The fourth-order valence-corrected chi connectivity index (χ4v) is 3.56. The van der Waals surface area contributed by atoms with E-state index in [9.17, 15) is 22.8 Å². The first-order valence-corrected chi connectivity index (χ1v) is 8.46. The molecule has 0 unspecified atom stereocenters. The second-order valence-electron chi connectivity index (χ2n) is 6.67. The maximum Gasteiger partial charge on any atom is 0.408 e. The Kier molecular flexibility index (Phi) is 4.75. The molecule has 0 radical (unpaired) electrons. The van der Waals surface area contributed by atoms with Gasteiger partial charge in [0.15, 0.2) is 0 Å². The molecule has 6 nitrogen and oxygen atoms in total. The third kappa shape index (κ3) is 3.80. The molecule has 0 saturated carbocycles. The van der Waals surface area contributed by atoms with Gasteiger partial charge in [0.2, 0.25) is 5.91 Å². The smallest absolute Gasteiger partial charge is 0.346 e. The predicted molar refractivity (Wildman–Crippen MR) is 82.9 cm³/mol. The summed E-state index contributed by atoms with van der Waals surface area (Å²) in [5.74, 6) is -0.179. The van der Waals surface area contributed by atoms with Gasteiger partial charge in [-0.25, -0.2) is 4.98 Å². The fraction of sp³-hybridized carbons (Fsp3) is 0.688. The van der Waals surface area contributed by atoms with Gasteiger partial charge in [0.25, 0.3) is 5.91 Å². The molecule has 25 heavy (non-hydrogen) atoms. The molecule has 1 N–H and O–H groups in total. The van der Waals surface area contributed by atoms with E-state index >= 15 is 0 Å². The third-order valence-electron chi connectivity index (χ3n) is 4.84. The molecule has 3 heterocycles. The summed E-state index contributed by atoms with van der Waals surface area (Å²) >= 11 is 0. The first-order valence-electron chi connectivity index (χ1n) is 8.46. The maximum atomic E-state index is 13.0. The first-order chi connectivity index (χ1) is 11.8. The van der Waals surface area contributed by atoms with E-state index in [4.69, 9.17) is 0 Å². The van der Waals surface area contributed by atoms with Gasteiger partial charge >= 0.3 is 6.18 Å². The van der Waals surface area contributed by atoms with Crippen LogP contribution in [0.25, 0.3) is 0 Å². The summed E-state index contributed by atoms with van der Waals surface area (Å²) in [6, 6.07) is -2.29. The van der Waals surface area contributed by atoms with Crippen molar-refractivity contribution in [1.82, 2.24) is 19.8 Å². The van der Waals surface area contributed by atoms with Crippen molar-refractivity contribution < 1.29 is 22.8 Å². The minimum absolute atomic E-state index is 0.140. The fourth-order valence-electron chi connectivity index (χ4n) is 3.56. The molecule has 0 bridgehead atoms. The minimum atomic E-state index is -4.45. The Morgan fingerprint density at radius 1 is 1.28 bits per heavy atom. The Bertz CT molecular complexity index is 647. The molecule has 2 aliphatic heterocycles. The lowest BCUT2D eigenvalue weighted by molar-refractivity contribution is -0.196. The van der Waals surface area contributed by atoms with Gasteiger partial charge in [-0.2, -0.15) is 13.2 Å². The number of fused-ring (bicyclic) bond motifs is 1. The van der Waals surface area contributed by atoms with Crippen LogP contribution < -0.4 is 5.32 Å². The van der Waals surface area contributed by atoms with E-state index < -0.39 is 30.1 Å². The van der Waals surface area contributed by atoms with Crippen LogP contribution in [0.4, 0.5) is 13.2 Å². The van der Waals surface area contributed by atoms with Gasteiger partial charge in [-0.1, -0.05) is 0 Å². The maximum absolute atomic E-state index is 13.0. The minimum Gasteiger partial charge on any atom is -0.346 e. The van der Waals surface area contributed by atoms with Crippen LogP contribution in [0.2, 0.25) is 0 Å². The molecule has 2 aliphatic rings. The van der Waals surface area contributed by atoms with Crippen LogP contribution in [-0.2, 0) is 17.8 Å². The summed E-state index contributed by atoms with van der Waals surface area (Å²) in [4.78, 5) is 29.1. The number of hydrogen-bond donors (Lipinski definition) is 1. The first kappa shape index (κ1) is 17.8. The van der Waals surface area contributed by atoms with Gasteiger partial charge in [-0.15, -0.1) is 0 Å².